The van der Waals surface area contributed by atoms with E-state index in [9.17, 15) is 4.79 Å². The monoisotopic (exact) mass is 420 g/mol. The second-order valence-electron chi connectivity index (χ2n) is 8.24. The van der Waals surface area contributed by atoms with E-state index in [1.165, 1.54) is 5.56 Å². The van der Waals surface area contributed by atoms with E-state index in [2.05, 4.69) is 64.9 Å². The van der Waals surface area contributed by atoms with E-state index in [1.54, 1.807) is 6.20 Å². The van der Waals surface area contributed by atoms with Crippen molar-refractivity contribution in [3.63, 3.8) is 0 Å². The van der Waals surface area contributed by atoms with Gasteiger partial charge < -0.3 is 9.55 Å². The number of rotatable bonds is 4. The van der Waals surface area contributed by atoms with Gasteiger partial charge in [0, 0.05) is 41.5 Å². The molecule has 0 saturated heterocycles. The smallest absolute Gasteiger partial charge is 0.250 e. The maximum Gasteiger partial charge on any atom is 0.250 e. The number of aromatic nitrogens is 4. The van der Waals surface area contributed by atoms with Crippen molar-refractivity contribution >= 4 is 11.0 Å². The van der Waals surface area contributed by atoms with Gasteiger partial charge >= 0.3 is 0 Å². The highest BCUT2D eigenvalue weighted by molar-refractivity contribution is 5.95. The summed E-state index contributed by atoms with van der Waals surface area (Å²) in [6, 6.07) is 18.6. The van der Waals surface area contributed by atoms with Gasteiger partial charge in [-0.1, -0.05) is 35.9 Å². The number of aryl methyl sites for hydroxylation is 2. The van der Waals surface area contributed by atoms with Crippen LogP contribution in [0.4, 0.5) is 0 Å². The summed E-state index contributed by atoms with van der Waals surface area (Å²) in [5.74, 6) is 0. The number of H-pyrrole nitrogens is 1. The molecule has 0 unspecified atom stereocenters. The van der Waals surface area contributed by atoms with Crippen LogP contribution in [0.25, 0.3) is 33.3 Å². The second kappa shape index (κ2) is 7.93. The number of nitrogens with zero attached hydrogens (tertiary/aromatic N) is 3. The van der Waals surface area contributed by atoms with Gasteiger partial charge in [-0.25, -0.2) is 0 Å². The number of hydrogen-bond acceptors (Lipinski definition) is 3. The van der Waals surface area contributed by atoms with E-state index in [4.69, 9.17) is 4.98 Å². The van der Waals surface area contributed by atoms with E-state index in [-0.39, 0.29) is 11.6 Å². The van der Waals surface area contributed by atoms with E-state index in [0.717, 1.165) is 39.0 Å². The summed E-state index contributed by atoms with van der Waals surface area (Å²) in [5, 5.41) is 0. The molecule has 158 valence electrons. The Morgan fingerprint density at radius 3 is 2.47 bits per heavy atom. The fourth-order valence-corrected chi connectivity index (χ4v) is 4.08. The zero-order chi connectivity index (χ0) is 22.2. The van der Waals surface area contributed by atoms with Gasteiger partial charge in [0.2, 0.25) is 0 Å². The van der Waals surface area contributed by atoms with Gasteiger partial charge in [-0.05, 0) is 56.2 Å². The summed E-state index contributed by atoms with van der Waals surface area (Å²) in [4.78, 5) is 24.1. The van der Waals surface area contributed by atoms with Crippen molar-refractivity contribution in [3.8, 4) is 22.3 Å². The van der Waals surface area contributed by atoms with E-state index < -0.39 is 0 Å². The highest BCUT2D eigenvalue weighted by Crippen LogP contribution is 2.34. The summed E-state index contributed by atoms with van der Waals surface area (Å²) in [7, 11) is 0. The minimum Gasteiger partial charge on any atom is -0.337 e. The third-order valence-corrected chi connectivity index (χ3v) is 5.99. The molecular formula is C27H24N4O. The molecule has 1 atom stereocenters. The van der Waals surface area contributed by atoms with Crippen LogP contribution in [0.2, 0.25) is 0 Å². The molecule has 5 nitrogen and oxygen atoms in total. The molecule has 1 N–H and O–H groups in total. The topological polar surface area (TPSA) is 63.6 Å². The van der Waals surface area contributed by atoms with Crippen LogP contribution in [0.15, 0.2) is 84.2 Å². The molecule has 5 aromatic rings. The molecule has 0 radical (unpaired) electrons. The maximum atomic E-state index is 11.8. The summed E-state index contributed by atoms with van der Waals surface area (Å²) >= 11 is 0. The molecule has 32 heavy (non-hydrogen) atoms. The molecule has 4 aromatic heterocycles. The molecule has 0 bridgehead atoms. The van der Waals surface area contributed by atoms with Gasteiger partial charge in [0.25, 0.3) is 5.56 Å². The van der Waals surface area contributed by atoms with Crippen LogP contribution in [0.3, 0.4) is 0 Å². The van der Waals surface area contributed by atoms with E-state index in [1.807, 2.05) is 43.6 Å². The highest BCUT2D eigenvalue weighted by Gasteiger charge is 2.18. The van der Waals surface area contributed by atoms with Crippen molar-refractivity contribution in [1.82, 2.24) is 19.5 Å². The lowest BCUT2D eigenvalue weighted by Gasteiger charge is -2.15. The Labute approximate surface area is 186 Å². The minimum absolute atomic E-state index is 0.0345. The number of benzene rings is 1. The lowest BCUT2D eigenvalue weighted by molar-refractivity contribution is 0.644. The molecule has 1 aromatic carbocycles. The average molecular weight is 421 g/mol. The molecular weight excluding hydrogens is 396 g/mol. The molecule has 5 heteroatoms. The predicted octanol–water partition coefficient (Wildman–Crippen LogP) is 5.68. The SMILES string of the molecule is Cc1ccc(-c2cn([C@@H](C)c3ccccn3)c3cc(-c4c[nH]c(=O)c(C)c4)cnc23)cc1. The standard InChI is InChI=1S/C27H24N4O/c1-17-7-9-20(10-8-17)23-16-31(19(3)24-6-4-5-11-28-24)25-13-22(14-29-26(23)25)21-12-18(2)27(32)30-15-21/h4-16,19H,1-3H3,(H,30,32)/t19-/m0/s1. The van der Waals surface area contributed by atoms with Gasteiger partial charge in [-0.15, -0.1) is 0 Å². The average Bonchev–Trinajstić information content (AvgIpc) is 3.20. The van der Waals surface area contributed by atoms with Gasteiger partial charge in [-0.2, -0.15) is 0 Å². The minimum atomic E-state index is -0.0726. The van der Waals surface area contributed by atoms with Crippen molar-refractivity contribution in [2.45, 2.75) is 26.8 Å². The Morgan fingerprint density at radius 1 is 0.938 bits per heavy atom. The number of hydrogen-bond donors (Lipinski definition) is 1. The predicted molar refractivity (Wildman–Crippen MR) is 129 cm³/mol. The third kappa shape index (κ3) is 3.52. The van der Waals surface area contributed by atoms with Crippen LogP contribution in [0, 0.1) is 13.8 Å². The normalized spacial score (nSPS) is 12.2. The summed E-state index contributed by atoms with van der Waals surface area (Å²) in [5.41, 5.74) is 8.91. The number of aromatic amines is 1. The fourth-order valence-electron chi connectivity index (χ4n) is 4.08. The van der Waals surface area contributed by atoms with Gasteiger partial charge in [-0.3, -0.25) is 14.8 Å². The fraction of sp³-hybridized carbons (Fsp3) is 0.148. The van der Waals surface area contributed by atoms with Gasteiger partial charge in [0.05, 0.1) is 22.8 Å². The van der Waals surface area contributed by atoms with Crippen LogP contribution in [0.1, 0.15) is 29.8 Å². The Morgan fingerprint density at radius 2 is 1.75 bits per heavy atom. The van der Waals surface area contributed by atoms with Gasteiger partial charge in [0.1, 0.15) is 0 Å². The molecule has 0 fully saturated rings. The van der Waals surface area contributed by atoms with Crippen molar-refractivity contribution in [3.05, 3.63) is 107 Å². The first-order valence-electron chi connectivity index (χ1n) is 10.7. The molecule has 0 aliphatic carbocycles. The Balaban J connectivity index is 1.73. The molecule has 5 rings (SSSR count). The largest absolute Gasteiger partial charge is 0.337 e. The van der Waals surface area contributed by atoms with Crippen LogP contribution >= 0.6 is 0 Å². The quantitative estimate of drug-likeness (QED) is 0.407. The molecule has 0 aliphatic heterocycles. The zero-order valence-electron chi connectivity index (χ0n) is 18.3. The van der Waals surface area contributed by atoms with Crippen LogP contribution in [0.5, 0.6) is 0 Å². The van der Waals surface area contributed by atoms with E-state index >= 15 is 0 Å². The van der Waals surface area contributed by atoms with Crippen molar-refractivity contribution in [1.29, 1.82) is 0 Å². The Hall–Kier alpha value is -3.99. The zero-order valence-corrected chi connectivity index (χ0v) is 18.3. The van der Waals surface area contributed by atoms with Crippen LogP contribution in [-0.2, 0) is 0 Å². The van der Waals surface area contributed by atoms with Crippen LogP contribution in [-0.4, -0.2) is 19.5 Å². The van der Waals surface area contributed by atoms with Crippen LogP contribution < -0.4 is 5.56 Å². The molecule has 0 aliphatic rings. The van der Waals surface area contributed by atoms with Crippen molar-refractivity contribution in [2.24, 2.45) is 0 Å². The first kappa shape index (κ1) is 19.9. The summed E-state index contributed by atoms with van der Waals surface area (Å²) < 4.78 is 2.24. The highest BCUT2D eigenvalue weighted by atomic mass is 16.1. The first-order valence-corrected chi connectivity index (χ1v) is 10.7. The lowest BCUT2D eigenvalue weighted by Crippen LogP contribution is -2.08. The lowest BCUT2D eigenvalue weighted by atomic mass is 10.0. The second-order valence-corrected chi connectivity index (χ2v) is 8.24. The van der Waals surface area contributed by atoms with E-state index in [0.29, 0.717) is 5.56 Å². The maximum absolute atomic E-state index is 11.8. The third-order valence-electron chi connectivity index (χ3n) is 5.99. The molecule has 0 spiro atoms. The molecule has 0 amide bonds. The summed E-state index contributed by atoms with van der Waals surface area (Å²) in [6.07, 6.45) is 7.62. The van der Waals surface area contributed by atoms with Gasteiger partial charge in [0.15, 0.2) is 0 Å². The Bertz CT molecular complexity index is 1460. The number of nitrogens with one attached hydrogen (secondary N) is 1. The molecule has 4 heterocycles. The number of fused-ring (bicyclic) bond motifs is 1. The van der Waals surface area contributed by atoms with Crippen molar-refractivity contribution in [2.75, 3.05) is 0 Å². The Kier molecular flexibility index (Phi) is 4.94. The first-order chi connectivity index (χ1) is 15.5. The van der Waals surface area contributed by atoms with Crippen molar-refractivity contribution < 1.29 is 0 Å². The number of pyridine rings is 3. The molecule has 0 saturated carbocycles. The summed E-state index contributed by atoms with van der Waals surface area (Å²) in [6.45, 7) is 6.06.